The van der Waals surface area contributed by atoms with Crippen molar-refractivity contribution in [3.8, 4) is 0 Å². The molecule has 1 aromatic rings. The van der Waals surface area contributed by atoms with Gasteiger partial charge < -0.3 is 10.0 Å². The number of likely N-dealkylation sites (tertiary alicyclic amines) is 2. The first-order valence-corrected chi connectivity index (χ1v) is 9.82. The van der Waals surface area contributed by atoms with Gasteiger partial charge in [0.15, 0.2) is 0 Å². The van der Waals surface area contributed by atoms with E-state index in [4.69, 9.17) is 0 Å². The number of β-amino-alcohol motifs (C(OH)–C–C–N with tert-alkyl or cyclic N) is 1. The fourth-order valence-electron chi connectivity index (χ4n) is 4.52. The molecule has 4 heterocycles. The Bertz CT molecular complexity index is 605. The van der Waals surface area contributed by atoms with Crippen molar-refractivity contribution in [3.05, 3.63) is 30.1 Å². The standard InChI is InChI=1S/C19H29N5O2/c25-16-2-1-9-24(13-16)15-5-10-23(11-6-15)19(26)18-12-17(21-22-18)14-3-7-20-8-4-14/h3-4,7-8,15-18,21-22,25H,1-2,5-6,9-13H2. The minimum absolute atomic E-state index is 0.152. The molecule has 3 fully saturated rings. The Morgan fingerprint density at radius 3 is 2.62 bits per heavy atom. The van der Waals surface area contributed by atoms with Crippen molar-refractivity contribution in [2.45, 2.75) is 56.3 Å². The third-order valence-electron chi connectivity index (χ3n) is 6.03. The second-order valence-corrected chi connectivity index (χ2v) is 7.76. The van der Waals surface area contributed by atoms with Crippen LogP contribution in [-0.4, -0.2) is 70.2 Å². The zero-order valence-electron chi connectivity index (χ0n) is 15.2. The fourth-order valence-corrected chi connectivity index (χ4v) is 4.52. The Hall–Kier alpha value is -1.54. The van der Waals surface area contributed by atoms with E-state index in [0.717, 1.165) is 63.8 Å². The van der Waals surface area contributed by atoms with Crippen LogP contribution in [0.3, 0.4) is 0 Å². The van der Waals surface area contributed by atoms with Gasteiger partial charge in [0.2, 0.25) is 5.91 Å². The Labute approximate surface area is 154 Å². The Morgan fingerprint density at radius 2 is 1.88 bits per heavy atom. The first kappa shape index (κ1) is 17.9. The summed E-state index contributed by atoms with van der Waals surface area (Å²) in [6, 6.07) is 4.48. The lowest BCUT2D eigenvalue weighted by Crippen LogP contribution is -2.53. The van der Waals surface area contributed by atoms with Crippen LogP contribution < -0.4 is 10.9 Å². The third kappa shape index (κ3) is 3.91. The van der Waals surface area contributed by atoms with E-state index in [0.29, 0.717) is 6.04 Å². The number of aliphatic hydroxyl groups excluding tert-OH is 1. The van der Waals surface area contributed by atoms with Gasteiger partial charge in [0.25, 0.3) is 0 Å². The predicted molar refractivity (Wildman–Crippen MR) is 98.1 cm³/mol. The highest BCUT2D eigenvalue weighted by atomic mass is 16.3. The molecular weight excluding hydrogens is 330 g/mol. The highest BCUT2D eigenvalue weighted by molar-refractivity contribution is 5.82. The molecule has 1 amide bonds. The first-order chi connectivity index (χ1) is 12.7. The monoisotopic (exact) mass is 359 g/mol. The van der Waals surface area contributed by atoms with E-state index in [1.165, 1.54) is 0 Å². The van der Waals surface area contributed by atoms with Gasteiger partial charge in [-0.2, -0.15) is 0 Å². The van der Waals surface area contributed by atoms with Gasteiger partial charge in [-0.1, -0.05) is 0 Å². The van der Waals surface area contributed by atoms with E-state index in [2.05, 4.69) is 20.7 Å². The zero-order chi connectivity index (χ0) is 17.9. The number of carbonyl (C=O) groups is 1. The number of nitrogens with zero attached hydrogens (tertiary/aromatic N) is 3. The number of aromatic nitrogens is 1. The topological polar surface area (TPSA) is 80.7 Å². The summed E-state index contributed by atoms with van der Waals surface area (Å²) in [5.74, 6) is 0.200. The lowest BCUT2D eigenvalue weighted by Gasteiger charge is -2.41. The number of aliphatic hydroxyl groups is 1. The summed E-state index contributed by atoms with van der Waals surface area (Å²) in [6.45, 7) is 3.50. The molecule has 26 heavy (non-hydrogen) atoms. The van der Waals surface area contributed by atoms with Gasteiger partial charge in [0, 0.05) is 44.1 Å². The van der Waals surface area contributed by atoms with Crippen LogP contribution in [0.1, 0.15) is 43.7 Å². The van der Waals surface area contributed by atoms with E-state index >= 15 is 0 Å². The molecule has 1 aromatic heterocycles. The number of nitrogens with one attached hydrogen (secondary N) is 2. The molecule has 3 unspecified atom stereocenters. The molecule has 3 N–H and O–H groups in total. The van der Waals surface area contributed by atoms with E-state index in [1.807, 2.05) is 17.0 Å². The van der Waals surface area contributed by atoms with E-state index in [-0.39, 0.29) is 24.1 Å². The van der Waals surface area contributed by atoms with Crippen LogP contribution in [0.15, 0.2) is 24.5 Å². The van der Waals surface area contributed by atoms with Gasteiger partial charge in [0.05, 0.1) is 6.10 Å². The molecule has 7 heteroatoms. The SMILES string of the molecule is O=C(C1CC(c2ccncc2)NN1)N1CCC(N2CCCC(O)C2)CC1. The average molecular weight is 359 g/mol. The van der Waals surface area contributed by atoms with Crippen LogP contribution in [0.4, 0.5) is 0 Å². The number of hydrogen-bond acceptors (Lipinski definition) is 6. The third-order valence-corrected chi connectivity index (χ3v) is 6.03. The molecule has 0 spiro atoms. The van der Waals surface area contributed by atoms with Gasteiger partial charge in [0.1, 0.15) is 6.04 Å². The smallest absolute Gasteiger partial charge is 0.241 e. The van der Waals surface area contributed by atoms with Gasteiger partial charge in [-0.05, 0) is 56.3 Å². The molecule has 142 valence electrons. The minimum Gasteiger partial charge on any atom is -0.392 e. The van der Waals surface area contributed by atoms with E-state index < -0.39 is 0 Å². The predicted octanol–water partition coefficient (Wildman–Crippen LogP) is 0.437. The number of piperidine rings is 2. The molecule has 3 aliphatic rings. The van der Waals surface area contributed by atoms with Crippen LogP contribution >= 0.6 is 0 Å². The maximum Gasteiger partial charge on any atom is 0.241 e. The summed E-state index contributed by atoms with van der Waals surface area (Å²) in [6.07, 6.45) is 8.17. The van der Waals surface area contributed by atoms with Gasteiger partial charge in [-0.25, -0.2) is 10.9 Å². The van der Waals surface area contributed by atoms with Crippen LogP contribution in [0.25, 0.3) is 0 Å². The lowest BCUT2D eigenvalue weighted by atomic mass is 9.97. The Morgan fingerprint density at radius 1 is 1.12 bits per heavy atom. The number of rotatable bonds is 3. The van der Waals surface area contributed by atoms with E-state index in [1.54, 1.807) is 12.4 Å². The summed E-state index contributed by atoms with van der Waals surface area (Å²) >= 11 is 0. The molecule has 0 saturated carbocycles. The summed E-state index contributed by atoms with van der Waals surface area (Å²) < 4.78 is 0. The zero-order valence-corrected chi connectivity index (χ0v) is 15.2. The normalized spacial score (nSPS) is 31.3. The van der Waals surface area contributed by atoms with E-state index in [9.17, 15) is 9.90 Å². The molecule has 3 aliphatic heterocycles. The molecule has 0 aliphatic carbocycles. The molecular formula is C19H29N5O2. The molecule has 4 rings (SSSR count). The summed E-state index contributed by atoms with van der Waals surface area (Å²) in [7, 11) is 0. The maximum absolute atomic E-state index is 12.9. The second kappa shape index (κ2) is 8.00. The molecule has 7 nitrogen and oxygen atoms in total. The van der Waals surface area contributed by atoms with Crippen molar-refractivity contribution < 1.29 is 9.90 Å². The Balaban J connectivity index is 1.27. The van der Waals surface area contributed by atoms with Crippen molar-refractivity contribution >= 4 is 5.91 Å². The van der Waals surface area contributed by atoms with Crippen molar-refractivity contribution in [2.75, 3.05) is 26.2 Å². The van der Waals surface area contributed by atoms with Crippen LogP contribution in [0.2, 0.25) is 0 Å². The van der Waals surface area contributed by atoms with Gasteiger partial charge >= 0.3 is 0 Å². The van der Waals surface area contributed by atoms with Gasteiger partial charge in [-0.3, -0.25) is 14.7 Å². The number of carbonyl (C=O) groups excluding carboxylic acids is 1. The van der Waals surface area contributed by atoms with Crippen molar-refractivity contribution in [3.63, 3.8) is 0 Å². The molecule has 3 atom stereocenters. The quantitative estimate of drug-likeness (QED) is 0.727. The first-order valence-electron chi connectivity index (χ1n) is 9.82. The van der Waals surface area contributed by atoms with Crippen molar-refractivity contribution in [1.82, 2.24) is 25.6 Å². The minimum atomic E-state index is -0.178. The summed E-state index contributed by atoms with van der Waals surface area (Å²) in [5, 5.41) is 9.89. The lowest BCUT2D eigenvalue weighted by molar-refractivity contribution is -0.135. The van der Waals surface area contributed by atoms with Crippen molar-refractivity contribution in [2.24, 2.45) is 0 Å². The number of hydrogen-bond donors (Lipinski definition) is 3. The number of pyridine rings is 1. The molecule has 3 saturated heterocycles. The average Bonchev–Trinajstić information content (AvgIpc) is 3.18. The molecule has 0 aromatic carbocycles. The van der Waals surface area contributed by atoms with Gasteiger partial charge in [-0.15, -0.1) is 0 Å². The van der Waals surface area contributed by atoms with Crippen LogP contribution in [0.5, 0.6) is 0 Å². The van der Waals surface area contributed by atoms with Crippen LogP contribution in [0, 0.1) is 0 Å². The summed E-state index contributed by atoms with van der Waals surface area (Å²) in [4.78, 5) is 21.3. The highest BCUT2D eigenvalue weighted by Gasteiger charge is 2.35. The Kier molecular flexibility index (Phi) is 5.49. The fraction of sp³-hybridized carbons (Fsp3) is 0.684. The number of amides is 1. The summed E-state index contributed by atoms with van der Waals surface area (Å²) in [5.41, 5.74) is 7.58. The highest BCUT2D eigenvalue weighted by Crippen LogP contribution is 2.25. The number of hydrazine groups is 1. The second-order valence-electron chi connectivity index (χ2n) is 7.76. The molecule has 0 radical (unpaired) electrons. The molecule has 0 bridgehead atoms. The van der Waals surface area contributed by atoms with Crippen molar-refractivity contribution in [1.29, 1.82) is 0 Å². The largest absolute Gasteiger partial charge is 0.392 e. The van der Waals surface area contributed by atoms with Crippen LogP contribution in [-0.2, 0) is 4.79 Å². The maximum atomic E-state index is 12.9.